The third kappa shape index (κ3) is 4.31. The first kappa shape index (κ1) is 19.4. The second-order valence-corrected chi connectivity index (χ2v) is 8.57. The zero-order valence-electron chi connectivity index (χ0n) is 15.6. The summed E-state index contributed by atoms with van der Waals surface area (Å²) in [6.45, 7) is 2.95. The first-order valence-corrected chi connectivity index (χ1v) is 10.4. The lowest BCUT2D eigenvalue weighted by molar-refractivity contribution is 0.102. The van der Waals surface area contributed by atoms with Crippen molar-refractivity contribution in [2.45, 2.75) is 31.1 Å². The highest BCUT2D eigenvalue weighted by Crippen LogP contribution is 2.24. The molecule has 1 amide bonds. The summed E-state index contributed by atoms with van der Waals surface area (Å²) in [6, 6.07) is 11.6. The zero-order chi connectivity index (χ0) is 19.4. The number of aryl methyl sites for hydroxylation is 1. The Morgan fingerprint density at radius 1 is 1.07 bits per heavy atom. The molecular formula is C20H24N2O4S. The molecule has 1 aliphatic rings. The molecule has 0 aromatic heterocycles. The SMILES string of the molecule is COc1ccc(C(=O)Nc2cccc(S(=O)(=O)N3CCCCC3)c2)cc1C. The summed E-state index contributed by atoms with van der Waals surface area (Å²) >= 11 is 0. The maximum absolute atomic E-state index is 12.8. The fourth-order valence-electron chi connectivity index (χ4n) is 3.21. The van der Waals surface area contributed by atoms with Gasteiger partial charge in [0.05, 0.1) is 12.0 Å². The van der Waals surface area contributed by atoms with Crippen LogP contribution >= 0.6 is 0 Å². The van der Waals surface area contributed by atoms with Gasteiger partial charge in [-0.2, -0.15) is 4.31 Å². The van der Waals surface area contributed by atoms with Crippen LogP contribution in [0.2, 0.25) is 0 Å². The van der Waals surface area contributed by atoms with Gasteiger partial charge in [-0.25, -0.2) is 8.42 Å². The molecule has 1 heterocycles. The van der Waals surface area contributed by atoms with E-state index < -0.39 is 10.0 Å². The molecule has 2 aromatic rings. The number of methoxy groups -OCH3 is 1. The van der Waals surface area contributed by atoms with E-state index >= 15 is 0 Å². The Balaban J connectivity index is 1.79. The maximum Gasteiger partial charge on any atom is 0.255 e. The van der Waals surface area contributed by atoms with Crippen LogP contribution in [0.15, 0.2) is 47.4 Å². The molecule has 0 atom stereocenters. The molecule has 0 unspecified atom stereocenters. The van der Waals surface area contributed by atoms with Crippen LogP contribution in [0.25, 0.3) is 0 Å². The van der Waals surface area contributed by atoms with Crippen LogP contribution in [0.1, 0.15) is 35.2 Å². The van der Waals surface area contributed by atoms with Crippen molar-refractivity contribution in [2.75, 3.05) is 25.5 Å². The highest BCUT2D eigenvalue weighted by Gasteiger charge is 2.26. The Morgan fingerprint density at radius 2 is 1.81 bits per heavy atom. The number of hydrogen-bond acceptors (Lipinski definition) is 4. The predicted octanol–water partition coefficient (Wildman–Crippen LogP) is 3.43. The third-order valence-corrected chi connectivity index (χ3v) is 6.60. The molecule has 0 radical (unpaired) electrons. The number of ether oxygens (including phenoxy) is 1. The molecular weight excluding hydrogens is 364 g/mol. The first-order valence-electron chi connectivity index (χ1n) is 8.98. The van der Waals surface area contributed by atoms with Crippen molar-refractivity contribution >= 4 is 21.6 Å². The summed E-state index contributed by atoms with van der Waals surface area (Å²) in [5, 5.41) is 2.78. The van der Waals surface area contributed by atoms with Gasteiger partial charge in [0.25, 0.3) is 5.91 Å². The van der Waals surface area contributed by atoms with E-state index in [-0.39, 0.29) is 10.8 Å². The van der Waals surface area contributed by atoms with Gasteiger partial charge in [-0.3, -0.25) is 4.79 Å². The summed E-state index contributed by atoms with van der Waals surface area (Å²) in [4.78, 5) is 12.7. The van der Waals surface area contributed by atoms with Crippen LogP contribution in [0.4, 0.5) is 5.69 Å². The Bertz CT molecular complexity index is 935. The third-order valence-electron chi connectivity index (χ3n) is 4.70. The quantitative estimate of drug-likeness (QED) is 0.851. The highest BCUT2D eigenvalue weighted by molar-refractivity contribution is 7.89. The van der Waals surface area contributed by atoms with Crippen molar-refractivity contribution in [2.24, 2.45) is 0 Å². The van der Waals surface area contributed by atoms with Gasteiger partial charge in [0.2, 0.25) is 10.0 Å². The average molecular weight is 388 g/mol. The number of amides is 1. The summed E-state index contributed by atoms with van der Waals surface area (Å²) in [7, 11) is -1.96. The summed E-state index contributed by atoms with van der Waals surface area (Å²) < 4.78 is 32.3. The van der Waals surface area contributed by atoms with Gasteiger partial charge < -0.3 is 10.1 Å². The highest BCUT2D eigenvalue weighted by atomic mass is 32.2. The molecule has 144 valence electrons. The van der Waals surface area contributed by atoms with Gasteiger partial charge in [0.1, 0.15) is 5.75 Å². The average Bonchev–Trinajstić information content (AvgIpc) is 2.68. The molecule has 0 aliphatic carbocycles. The lowest BCUT2D eigenvalue weighted by atomic mass is 10.1. The van der Waals surface area contributed by atoms with Gasteiger partial charge >= 0.3 is 0 Å². The number of anilines is 1. The number of rotatable bonds is 5. The van der Waals surface area contributed by atoms with Crippen molar-refractivity contribution in [3.8, 4) is 5.75 Å². The molecule has 1 N–H and O–H groups in total. The van der Waals surface area contributed by atoms with Gasteiger partial charge in [-0.1, -0.05) is 12.5 Å². The number of benzene rings is 2. The number of carbonyl (C=O) groups excluding carboxylic acids is 1. The zero-order valence-corrected chi connectivity index (χ0v) is 16.4. The number of sulfonamides is 1. The van der Waals surface area contributed by atoms with E-state index in [0.717, 1.165) is 24.8 Å². The number of carbonyl (C=O) groups is 1. The first-order chi connectivity index (χ1) is 12.9. The largest absolute Gasteiger partial charge is 0.496 e. The van der Waals surface area contributed by atoms with E-state index in [4.69, 9.17) is 4.74 Å². The van der Waals surface area contributed by atoms with Crippen molar-refractivity contribution in [1.29, 1.82) is 0 Å². The van der Waals surface area contributed by atoms with Crippen LogP contribution in [0.5, 0.6) is 5.75 Å². The fourth-order valence-corrected chi connectivity index (χ4v) is 4.78. The molecule has 2 aromatic carbocycles. The van der Waals surface area contributed by atoms with Crippen LogP contribution in [0, 0.1) is 6.92 Å². The molecule has 27 heavy (non-hydrogen) atoms. The number of hydrogen-bond donors (Lipinski definition) is 1. The monoisotopic (exact) mass is 388 g/mol. The van der Waals surface area contributed by atoms with Crippen LogP contribution < -0.4 is 10.1 Å². The Morgan fingerprint density at radius 3 is 2.48 bits per heavy atom. The van der Waals surface area contributed by atoms with Crippen LogP contribution in [0.3, 0.4) is 0 Å². The van der Waals surface area contributed by atoms with Gasteiger partial charge in [-0.15, -0.1) is 0 Å². The minimum atomic E-state index is -3.54. The van der Waals surface area contributed by atoms with Crippen molar-refractivity contribution in [3.63, 3.8) is 0 Å². The topological polar surface area (TPSA) is 75.7 Å². The number of nitrogens with one attached hydrogen (secondary N) is 1. The fraction of sp³-hybridized carbons (Fsp3) is 0.350. The Labute approximate surface area is 160 Å². The Kier molecular flexibility index (Phi) is 5.82. The molecule has 1 aliphatic heterocycles. The summed E-state index contributed by atoms with van der Waals surface area (Å²) in [6.07, 6.45) is 2.82. The standard InChI is InChI=1S/C20H24N2O4S/c1-15-13-16(9-10-19(15)26-2)20(23)21-17-7-6-8-18(14-17)27(24,25)22-11-4-3-5-12-22/h6-10,13-14H,3-5,11-12H2,1-2H3,(H,21,23). The number of nitrogens with zero attached hydrogens (tertiary/aromatic N) is 1. The van der Waals surface area contributed by atoms with Gasteiger partial charge in [0.15, 0.2) is 0 Å². The van der Waals surface area contributed by atoms with E-state index in [0.29, 0.717) is 30.1 Å². The molecule has 6 nitrogen and oxygen atoms in total. The van der Waals surface area contributed by atoms with E-state index in [1.165, 1.54) is 10.4 Å². The smallest absolute Gasteiger partial charge is 0.255 e. The second kappa shape index (κ2) is 8.10. The van der Waals surface area contributed by atoms with Crippen LogP contribution in [-0.4, -0.2) is 38.8 Å². The maximum atomic E-state index is 12.8. The van der Waals surface area contributed by atoms with Gasteiger partial charge in [0, 0.05) is 24.3 Å². The lowest BCUT2D eigenvalue weighted by Gasteiger charge is -2.26. The molecule has 0 bridgehead atoms. The minimum Gasteiger partial charge on any atom is -0.496 e. The lowest BCUT2D eigenvalue weighted by Crippen LogP contribution is -2.35. The molecule has 1 fully saturated rings. The molecule has 3 rings (SSSR count). The normalized spacial score (nSPS) is 15.3. The van der Waals surface area contributed by atoms with Crippen molar-refractivity contribution < 1.29 is 17.9 Å². The van der Waals surface area contributed by atoms with Gasteiger partial charge in [-0.05, 0) is 61.7 Å². The minimum absolute atomic E-state index is 0.202. The summed E-state index contributed by atoms with van der Waals surface area (Å²) in [5.74, 6) is 0.412. The van der Waals surface area contributed by atoms with E-state index in [1.54, 1.807) is 43.5 Å². The second-order valence-electron chi connectivity index (χ2n) is 6.63. The molecule has 7 heteroatoms. The summed E-state index contributed by atoms with van der Waals surface area (Å²) in [5.41, 5.74) is 1.79. The molecule has 0 saturated carbocycles. The van der Waals surface area contributed by atoms with E-state index in [9.17, 15) is 13.2 Å². The number of piperidine rings is 1. The predicted molar refractivity (Wildman–Crippen MR) is 105 cm³/mol. The molecule has 0 spiro atoms. The van der Waals surface area contributed by atoms with Crippen molar-refractivity contribution in [1.82, 2.24) is 4.31 Å². The molecule has 1 saturated heterocycles. The Hall–Kier alpha value is -2.38. The van der Waals surface area contributed by atoms with E-state index in [2.05, 4.69) is 5.32 Å². The van der Waals surface area contributed by atoms with E-state index in [1.807, 2.05) is 6.92 Å². The van der Waals surface area contributed by atoms with Crippen LogP contribution in [-0.2, 0) is 10.0 Å². The van der Waals surface area contributed by atoms with Crippen molar-refractivity contribution in [3.05, 3.63) is 53.6 Å².